The Morgan fingerprint density at radius 2 is 1.71 bits per heavy atom. The van der Waals surface area contributed by atoms with Crippen LogP contribution in [0.15, 0.2) is 18.9 Å². The van der Waals surface area contributed by atoms with Gasteiger partial charge in [-0.2, -0.15) is 9.97 Å². The number of aryl methyl sites for hydroxylation is 1. The molecule has 4 aromatic rings. The number of aliphatic hydroxyl groups excluding tert-OH is 3. The van der Waals surface area contributed by atoms with E-state index in [0.29, 0.717) is 11.5 Å². The number of imidazole rings is 1. The lowest BCUT2D eigenvalue weighted by Crippen LogP contribution is -2.35. The molecule has 2 bridgehead atoms. The third kappa shape index (κ3) is 6.62. The van der Waals surface area contributed by atoms with E-state index in [-0.39, 0.29) is 36.1 Å². The van der Waals surface area contributed by atoms with E-state index < -0.39 is 75.9 Å². The average molecular weight is 789 g/mol. The standard InChI is InChI=1S/C26H34N10O11P2S2/c27-26-33-21(29-4-5-37)15-23(34-26)36(10-32-15)25-19-16(38)12(44-25)7-42-48(40,50)46-18-13(8-43-49(41,51)47-19)45-24(17(18)39)35-6-11-2-1-3-28-20-14(11)22(35)31-9-30-20/h6,9-10,12-13,16-19,24-25,37-39H,1-5,7-8H2,(H,40,50)(H,41,51)(H,28,30,31)(H3,27,29,33,34)/t12-,13-,16-,17-,18-,19-,24-,25-,48?,49?/m1/s1. The van der Waals surface area contributed by atoms with Gasteiger partial charge in [0.05, 0.1) is 31.5 Å². The van der Waals surface area contributed by atoms with Gasteiger partial charge in [-0.15, -0.1) is 0 Å². The van der Waals surface area contributed by atoms with Gasteiger partial charge in [0.1, 0.15) is 54.4 Å². The van der Waals surface area contributed by atoms with Crippen molar-refractivity contribution < 1.29 is 52.0 Å². The van der Waals surface area contributed by atoms with Gasteiger partial charge in [0.25, 0.3) is 0 Å². The molecule has 276 valence electrons. The number of anilines is 3. The Balaban J connectivity index is 1.10. The minimum Gasteiger partial charge on any atom is -0.395 e. The normalized spacial score (nSPS) is 35.8. The van der Waals surface area contributed by atoms with Crippen LogP contribution in [0.25, 0.3) is 22.2 Å². The molecule has 21 nitrogen and oxygen atoms in total. The van der Waals surface area contributed by atoms with Crippen molar-refractivity contribution in [2.24, 2.45) is 0 Å². The molecule has 0 aromatic carbocycles. The zero-order chi connectivity index (χ0) is 35.7. The van der Waals surface area contributed by atoms with Crippen LogP contribution in [0.2, 0.25) is 0 Å². The topological polar surface area (TPSA) is 275 Å². The summed E-state index contributed by atoms with van der Waals surface area (Å²) in [6.07, 6.45) is -4.55. The molecule has 3 saturated heterocycles. The predicted octanol–water partition coefficient (Wildman–Crippen LogP) is 1.03. The third-order valence-corrected chi connectivity index (χ3v) is 12.2. The molecule has 10 atom stereocenters. The van der Waals surface area contributed by atoms with Crippen LogP contribution in [0.5, 0.6) is 0 Å². The largest absolute Gasteiger partial charge is 0.395 e. The first-order chi connectivity index (χ1) is 24.4. The zero-order valence-corrected chi connectivity index (χ0v) is 30.0. The Bertz CT molecular complexity index is 2060. The maximum Gasteiger partial charge on any atom is 0.386 e. The van der Waals surface area contributed by atoms with Gasteiger partial charge in [0.15, 0.2) is 29.4 Å². The molecule has 4 aliphatic rings. The van der Waals surface area contributed by atoms with Crippen LogP contribution < -0.4 is 16.4 Å². The first kappa shape index (κ1) is 35.4. The molecule has 4 aliphatic heterocycles. The number of aliphatic hydroxyl groups is 3. The molecule has 0 spiro atoms. The Labute approximate surface area is 298 Å². The number of aromatic nitrogens is 7. The Kier molecular flexibility index (Phi) is 9.48. The van der Waals surface area contributed by atoms with Crippen molar-refractivity contribution in [2.75, 3.05) is 49.3 Å². The number of nitrogens with zero attached hydrogens (tertiary/aromatic N) is 7. The minimum absolute atomic E-state index is 0.136. The molecule has 7 N–H and O–H groups in total. The van der Waals surface area contributed by atoms with Crippen LogP contribution in [-0.2, 0) is 43.1 Å². The first-order valence-corrected chi connectivity index (χ1v) is 21.2. The van der Waals surface area contributed by atoms with E-state index >= 15 is 0 Å². The van der Waals surface area contributed by atoms with Crippen molar-refractivity contribution in [3.05, 3.63) is 24.4 Å². The number of rotatable bonds is 5. The highest BCUT2D eigenvalue weighted by Crippen LogP contribution is 2.60. The summed E-state index contributed by atoms with van der Waals surface area (Å²) in [6.45, 7) is -9.07. The molecule has 0 aliphatic carbocycles. The summed E-state index contributed by atoms with van der Waals surface area (Å²) < 4.78 is 65.7. The highest BCUT2D eigenvalue weighted by atomic mass is 32.7. The van der Waals surface area contributed by atoms with Gasteiger partial charge in [0.2, 0.25) is 5.95 Å². The molecule has 0 saturated carbocycles. The molecular formula is C26H34N10O11P2S2. The Morgan fingerprint density at radius 3 is 2.49 bits per heavy atom. The SMILES string of the molecule is Nc1nc(NCCO)c2ncn([C@@H]3O[C@@H]4COP(=O)(S)O[C@H]5[C@@H](O)[C@H](n6cc7c8c(ncnc86)NCCC7)O[C@@H]5COP(=O)(S)O[C@@H]3[C@@H]4O)c2n1. The van der Waals surface area contributed by atoms with Crippen LogP contribution in [0, 0.1) is 0 Å². The zero-order valence-electron chi connectivity index (χ0n) is 26.4. The Hall–Kier alpha value is -2.63. The van der Waals surface area contributed by atoms with Crippen LogP contribution in [-0.4, -0.2) is 119 Å². The molecule has 51 heavy (non-hydrogen) atoms. The minimum atomic E-state index is -4.36. The lowest BCUT2D eigenvalue weighted by molar-refractivity contribution is -0.0574. The van der Waals surface area contributed by atoms with Crippen LogP contribution >= 0.6 is 38.1 Å². The average Bonchev–Trinajstić information content (AvgIpc) is 3.79. The maximum absolute atomic E-state index is 13.8. The van der Waals surface area contributed by atoms with Crippen molar-refractivity contribution in [2.45, 2.75) is 61.9 Å². The summed E-state index contributed by atoms with van der Waals surface area (Å²) in [5.74, 6) is 0.740. The fourth-order valence-corrected chi connectivity index (χ4v) is 9.64. The molecule has 8 rings (SSSR count). The number of nitrogen functional groups attached to an aromatic ring is 1. The van der Waals surface area contributed by atoms with E-state index in [0.717, 1.165) is 30.3 Å². The molecular weight excluding hydrogens is 754 g/mol. The fraction of sp³-hybridized carbons (Fsp3) is 0.577. The summed E-state index contributed by atoms with van der Waals surface area (Å²) in [6, 6.07) is 0. The quantitative estimate of drug-likeness (QED) is 0.104. The monoisotopic (exact) mass is 788 g/mol. The van der Waals surface area contributed by atoms with Gasteiger partial charge in [-0.1, -0.05) is 24.5 Å². The van der Waals surface area contributed by atoms with E-state index in [1.54, 1.807) is 4.57 Å². The molecule has 0 radical (unpaired) electrons. The summed E-state index contributed by atoms with van der Waals surface area (Å²) in [5.41, 5.74) is 7.77. The fourth-order valence-electron chi connectivity index (χ4n) is 6.69. The molecule has 2 unspecified atom stereocenters. The Morgan fingerprint density at radius 1 is 0.961 bits per heavy atom. The second-order valence-corrected chi connectivity index (χ2v) is 17.9. The molecule has 8 heterocycles. The third-order valence-electron chi connectivity index (χ3n) is 8.93. The number of fused-ring (bicyclic) bond motifs is 4. The number of hydrogen-bond acceptors (Lipinski definition) is 19. The first-order valence-electron chi connectivity index (χ1n) is 15.8. The van der Waals surface area contributed by atoms with Crippen molar-refractivity contribution in [1.29, 1.82) is 0 Å². The van der Waals surface area contributed by atoms with Gasteiger partial charge in [-0.05, 0) is 18.4 Å². The van der Waals surface area contributed by atoms with Crippen molar-refractivity contribution in [1.82, 2.24) is 34.1 Å². The van der Waals surface area contributed by atoms with Gasteiger partial charge in [-0.3, -0.25) is 22.7 Å². The highest BCUT2D eigenvalue weighted by Gasteiger charge is 2.53. The summed E-state index contributed by atoms with van der Waals surface area (Å²) in [5, 5.41) is 39.2. The van der Waals surface area contributed by atoms with E-state index in [2.05, 4.69) is 60.1 Å². The van der Waals surface area contributed by atoms with E-state index in [1.807, 2.05) is 6.20 Å². The molecule has 25 heteroatoms. The summed E-state index contributed by atoms with van der Waals surface area (Å²) >= 11 is 8.34. The van der Waals surface area contributed by atoms with Crippen LogP contribution in [0.3, 0.4) is 0 Å². The number of thiol groups is 2. The lowest BCUT2D eigenvalue weighted by atomic mass is 10.1. The highest BCUT2D eigenvalue weighted by molar-refractivity contribution is 8.44. The van der Waals surface area contributed by atoms with Crippen molar-refractivity contribution >= 4 is 77.9 Å². The van der Waals surface area contributed by atoms with Crippen LogP contribution in [0.4, 0.5) is 17.6 Å². The second kappa shape index (κ2) is 13.7. The molecule has 0 amide bonds. The van der Waals surface area contributed by atoms with Gasteiger partial charge >= 0.3 is 13.6 Å². The van der Waals surface area contributed by atoms with E-state index in [9.17, 15) is 24.4 Å². The van der Waals surface area contributed by atoms with Gasteiger partial charge < -0.3 is 45.7 Å². The maximum atomic E-state index is 13.8. The van der Waals surface area contributed by atoms with Crippen LogP contribution in [0.1, 0.15) is 24.4 Å². The molecule has 3 fully saturated rings. The van der Waals surface area contributed by atoms with Crippen molar-refractivity contribution in [3.8, 4) is 0 Å². The summed E-state index contributed by atoms with van der Waals surface area (Å²) in [4.78, 5) is 21.5. The predicted molar refractivity (Wildman–Crippen MR) is 184 cm³/mol. The number of nitrogens with two attached hydrogens (primary N) is 1. The second-order valence-electron chi connectivity index (χ2n) is 12.2. The van der Waals surface area contributed by atoms with Gasteiger partial charge in [-0.25, -0.2) is 24.1 Å². The lowest BCUT2D eigenvalue weighted by Gasteiger charge is -2.26. The van der Waals surface area contributed by atoms with Crippen molar-refractivity contribution in [3.63, 3.8) is 0 Å². The summed E-state index contributed by atoms with van der Waals surface area (Å²) in [7, 11) is 0. The number of ether oxygens (including phenoxy) is 2. The van der Waals surface area contributed by atoms with E-state index in [4.69, 9.17) is 33.3 Å². The van der Waals surface area contributed by atoms with E-state index in [1.165, 1.54) is 17.2 Å². The molecule has 4 aromatic heterocycles. The van der Waals surface area contributed by atoms with Gasteiger partial charge in [0, 0.05) is 19.3 Å². The number of nitrogens with one attached hydrogen (secondary N) is 2. The smallest absolute Gasteiger partial charge is 0.386 e. The number of hydrogen-bond donors (Lipinski definition) is 8.